The Morgan fingerprint density at radius 1 is 1.25 bits per heavy atom. The second kappa shape index (κ2) is 6.20. The lowest BCUT2D eigenvalue weighted by atomic mass is 10.0. The van der Waals surface area contributed by atoms with Crippen LogP contribution in [0.25, 0.3) is 10.9 Å². The zero-order chi connectivity index (χ0) is 13.8. The highest BCUT2D eigenvalue weighted by molar-refractivity contribution is 5.82. The average Bonchev–Trinajstić information content (AvgIpc) is 2.53. The number of para-hydroxylation sites is 1. The van der Waals surface area contributed by atoms with Gasteiger partial charge in [0.25, 0.3) is 0 Å². The van der Waals surface area contributed by atoms with E-state index in [1.807, 2.05) is 30.3 Å². The molecule has 106 valence electrons. The second-order valence-electron chi connectivity index (χ2n) is 5.16. The van der Waals surface area contributed by atoms with E-state index in [4.69, 9.17) is 9.47 Å². The van der Waals surface area contributed by atoms with Gasteiger partial charge in [0.15, 0.2) is 0 Å². The normalized spacial score (nSPS) is 16.4. The van der Waals surface area contributed by atoms with Crippen molar-refractivity contribution in [2.75, 3.05) is 19.8 Å². The van der Waals surface area contributed by atoms with Crippen LogP contribution in [0.5, 0.6) is 5.88 Å². The van der Waals surface area contributed by atoms with E-state index in [9.17, 15) is 5.11 Å². The highest BCUT2D eigenvalue weighted by atomic mass is 16.5. The number of aliphatic hydroxyl groups excluding tert-OH is 1. The molecule has 2 heterocycles. The number of benzene rings is 1. The van der Waals surface area contributed by atoms with Gasteiger partial charge in [0.05, 0.1) is 18.7 Å². The number of aliphatic hydroxyl groups is 1. The quantitative estimate of drug-likeness (QED) is 0.930. The number of hydrogen-bond donors (Lipinski definition) is 1. The van der Waals surface area contributed by atoms with E-state index in [1.54, 1.807) is 0 Å². The van der Waals surface area contributed by atoms with Crippen LogP contribution in [0.2, 0.25) is 0 Å². The minimum absolute atomic E-state index is 0.00331. The monoisotopic (exact) mass is 273 g/mol. The van der Waals surface area contributed by atoms with Crippen molar-refractivity contribution in [3.63, 3.8) is 0 Å². The Morgan fingerprint density at radius 2 is 2.05 bits per heavy atom. The van der Waals surface area contributed by atoms with Crippen molar-refractivity contribution in [2.24, 2.45) is 5.92 Å². The fourth-order valence-corrected chi connectivity index (χ4v) is 2.54. The first-order chi connectivity index (χ1) is 9.86. The van der Waals surface area contributed by atoms with Gasteiger partial charge in [-0.2, -0.15) is 0 Å². The van der Waals surface area contributed by atoms with Gasteiger partial charge >= 0.3 is 0 Å². The predicted octanol–water partition coefficient (Wildman–Crippen LogP) is 2.53. The van der Waals surface area contributed by atoms with Crippen LogP contribution in [0.4, 0.5) is 0 Å². The van der Waals surface area contributed by atoms with E-state index < -0.39 is 0 Å². The maximum absolute atomic E-state index is 9.48. The molecule has 4 nitrogen and oxygen atoms in total. The summed E-state index contributed by atoms with van der Waals surface area (Å²) in [4.78, 5) is 4.50. The van der Waals surface area contributed by atoms with Gasteiger partial charge in [0.2, 0.25) is 5.88 Å². The van der Waals surface area contributed by atoms with Crippen molar-refractivity contribution in [1.29, 1.82) is 0 Å². The number of aromatic nitrogens is 1. The van der Waals surface area contributed by atoms with Crippen molar-refractivity contribution in [3.05, 3.63) is 35.9 Å². The maximum atomic E-state index is 9.48. The van der Waals surface area contributed by atoms with Crippen LogP contribution in [0.3, 0.4) is 0 Å². The molecule has 20 heavy (non-hydrogen) atoms. The fourth-order valence-electron chi connectivity index (χ4n) is 2.54. The first kappa shape index (κ1) is 13.3. The van der Waals surface area contributed by atoms with Crippen LogP contribution >= 0.6 is 0 Å². The standard InChI is InChI=1S/C16H19NO3/c18-10-13-9-16(17-15-4-2-1-3-14(13)15)20-11-12-5-7-19-8-6-12/h1-4,9,12,18H,5-8,10-11H2. The molecular formula is C16H19NO3. The van der Waals surface area contributed by atoms with Gasteiger partial charge in [-0.3, -0.25) is 0 Å². The van der Waals surface area contributed by atoms with E-state index >= 15 is 0 Å². The highest BCUT2D eigenvalue weighted by Crippen LogP contribution is 2.23. The summed E-state index contributed by atoms with van der Waals surface area (Å²) in [6.45, 7) is 2.30. The second-order valence-corrected chi connectivity index (χ2v) is 5.16. The van der Waals surface area contributed by atoms with E-state index in [0.717, 1.165) is 42.5 Å². The number of pyridine rings is 1. The van der Waals surface area contributed by atoms with Crippen LogP contribution in [0, 0.1) is 5.92 Å². The molecule has 1 N–H and O–H groups in total. The molecule has 0 bridgehead atoms. The molecule has 1 aliphatic rings. The van der Waals surface area contributed by atoms with Crippen LogP contribution in [0.1, 0.15) is 18.4 Å². The lowest BCUT2D eigenvalue weighted by molar-refractivity contribution is 0.0491. The van der Waals surface area contributed by atoms with Crippen LogP contribution in [-0.2, 0) is 11.3 Å². The Labute approximate surface area is 118 Å². The number of nitrogens with zero attached hydrogens (tertiary/aromatic N) is 1. The molecule has 0 aliphatic carbocycles. The minimum atomic E-state index is -0.00331. The van der Waals surface area contributed by atoms with Gasteiger partial charge in [-0.15, -0.1) is 0 Å². The molecule has 0 radical (unpaired) electrons. The summed E-state index contributed by atoms with van der Waals surface area (Å²) in [5.41, 5.74) is 1.72. The van der Waals surface area contributed by atoms with Gasteiger partial charge in [-0.05, 0) is 30.4 Å². The predicted molar refractivity (Wildman–Crippen MR) is 76.7 cm³/mol. The van der Waals surface area contributed by atoms with Crippen molar-refractivity contribution in [1.82, 2.24) is 4.98 Å². The summed E-state index contributed by atoms with van der Waals surface area (Å²) in [5.74, 6) is 1.13. The van der Waals surface area contributed by atoms with Gasteiger partial charge in [-0.25, -0.2) is 4.98 Å². The third kappa shape index (κ3) is 2.92. The molecular weight excluding hydrogens is 254 g/mol. The lowest BCUT2D eigenvalue weighted by Gasteiger charge is -2.22. The minimum Gasteiger partial charge on any atom is -0.477 e. The molecule has 2 aromatic rings. The molecule has 0 unspecified atom stereocenters. The van der Waals surface area contributed by atoms with Crippen molar-refractivity contribution in [3.8, 4) is 5.88 Å². The molecule has 4 heteroatoms. The van der Waals surface area contributed by atoms with Crippen molar-refractivity contribution >= 4 is 10.9 Å². The molecule has 1 aliphatic heterocycles. The van der Waals surface area contributed by atoms with Crippen LogP contribution in [0.15, 0.2) is 30.3 Å². The van der Waals surface area contributed by atoms with Gasteiger partial charge < -0.3 is 14.6 Å². The van der Waals surface area contributed by atoms with Gasteiger partial charge in [0, 0.05) is 24.7 Å². The lowest BCUT2D eigenvalue weighted by Crippen LogP contribution is -2.21. The first-order valence-electron chi connectivity index (χ1n) is 7.07. The number of fused-ring (bicyclic) bond motifs is 1. The maximum Gasteiger partial charge on any atom is 0.214 e. The van der Waals surface area contributed by atoms with E-state index in [0.29, 0.717) is 18.4 Å². The van der Waals surface area contributed by atoms with E-state index in [1.165, 1.54) is 0 Å². The third-order valence-corrected chi connectivity index (χ3v) is 3.76. The Kier molecular flexibility index (Phi) is 4.14. The Balaban J connectivity index is 1.77. The molecule has 1 fully saturated rings. The zero-order valence-corrected chi connectivity index (χ0v) is 11.4. The molecule has 0 atom stereocenters. The topological polar surface area (TPSA) is 51.6 Å². The largest absolute Gasteiger partial charge is 0.477 e. The van der Waals surface area contributed by atoms with Crippen molar-refractivity contribution < 1.29 is 14.6 Å². The van der Waals surface area contributed by atoms with E-state index in [2.05, 4.69) is 4.98 Å². The number of ether oxygens (including phenoxy) is 2. The Morgan fingerprint density at radius 3 is 2.85 bits per heavy atom. The molecule has 0 spiro atoms. The first-order valence-corrected chi connectivity index (χ1v) is 7.07. The number of rotatable bonds is 4. The molecule has 3 rings (SSSR count). The number of hydrogen-bond acceptors (Lipinski definition) is 4. The summed E-state index contributed by atoms with van der Waals surface area (Å²) in [7, 11) is 0. The summed E-state index contributed by atoms with van der Waals surface area (Å²) >= 11 is 0. The summed E-state index contributed by atoms with van der Waals surface area (Å²) in [6, 6.07) is 9.64. The summed E-state index contributed by atoms with van der Waals surface area (Å²) in [6.07, 6.45) is 2.08. The van der Waals surface area contributed by atoms with Gasteiger partial charge in [0.1, 0.15) is 0 Å². The highest BCUT2D eigenvalue weighted by Gasteiger charge is 2.15. The average molecular weight is 273 g/mol. The summed E-state index contributed by atoms with van der Waals surface area (Å²) < 4.78 is 11.2. The van der Waals surface area contributed by atoms with Gasteiger partial charge in [-0.1, -0.05) is 18.2 Å². The SMILES string of the molecule is OCc1cc(OCC2CCOCC2)nc2ccccc12. The third-order valence-electron chi connectivity index (χ3n) is 3.76. The molecule has 0 saturated carbocycles. The van der Waals surface area contributed by atoms with Crippen molar-refractivity contribution in [2.45, 2.75) is 19.4 Å². The van der Waals surface area contributed by atoms with Crippen LogP contribution < -0.4 is 4.74 Å². The molecule has 0 amide bonds. The summed E-state index contributed by atoms with van der Waals surface area (Å²) in [5, 5.41) is 10.5. The smallest absolute Gasteiger partial charge is 0.214 e. The van der Waals surface area contributed by atoms with Crippen LogP contribution in [-0.4, -0.2) is 29.9 Å². The Hall–Kier alpha value is -1.65. The molecule has 1 aromatic carbocycles. The molecule has 1 aromatic heterocycles. The Bertz CT molecular complexity index is 579. The zero-order valence-electron chi connectivity index (χ0n) is 11.4. The fraction of sp³-hybridized carbons (Fsp3) is 0.438. The molecule has 1 saturated heterocycles. The van der Waals surface area contributed by atoms with E-state index in [-0.39, 0.29) is 6.61 Å².